The average molecular weight is 343 g/mol. The van der Waals surface area contributed by atoms with Crippen molar-refractivity contribution in [2.24, 2.45) is 0 Å². The summed E-state index contributed by atoms with van der Waals surface area (Å²) in [4.78, 5) is 7.39. The number of halogens is 2. The molecule has 0 aliphatic heterocycles. The fourth-order valence-corrected chi connectivity index (χ4v) is 2.84. The van der Waals surface area contributed by atoms with Crippen LogP contribution in [0.1, 0.15) is 5.56 Å². The van der Waals surface area contributed by atoms with Gasteiger partial charge in [-0.05, 0) is 17.7 Å². The minimum absolute atomic E-state index is 0.0231. The molecule has 0 unspecified atom stereocenters. The molecule has 6 nitrogen and oxygen atoms in total. The van der Waals surface area contributed by atoms with Gasteiger partial charge in [0.25, 0.3) is 10.0 Å². The van der Waals surface area contributed by atoms with Gasteiger partial charge in [0.15, 0.2) is 11.0 Å². The third-order valence-electron chi connectivity index (χ3n) is 2.49. The van der Waals surface area contributed by atoms with E-state index >= 15 is 0 Å². The fourth-order valence-electron chi connectivity index (χ4n) is 1.48. The minimum Gasteiger partial charge on any atom is -0.262 e. The molecule has 0 atom stereocenters. The molecular weight excluding hydrogens is 335 g/mol. The second-order valence-electron chi connectivity index (χ2n) is 3.91. The normalized spacial score (nSPS) is 10.9. The highest BCUT2D eigenvalue weighted by Gasteiger charge is 2.18. The lowest BCUT2D eigenvalue weighted by Gasteiger charge is -2.09. The number of nitriles is 1. The zero-order valence-electron chi connectivity index (χ0n) is 10.4. The molecule has 108 valence electrons. The number of sulfonamides is 1. The summed E-state index contributed by atoms with van der Waals surface area (Å²) in [6, 6.07) is 7.89. The standard InChI is InChI=1S/C12H8Cl2N4O2S/c13-10-11(14)16-7-17-12(10)18-21(19,20)9-3-1-8(2-4-9)5-6-15/h1-4,7H,5H2,(H,16,17,18). The summed E-state index contributed by atoms with van der Waals surface area (Å²) in [5.74, 6) is -0.0993. The summed E-state index contributed by atoms with van der Waals surface area (Å²) in [7, 11) is -3.85. The lowest BCUT2D eigenvalue weighted by molar-refractivity contribution is 0.601. The van der Waals surface area contributed by atoms with Gasteiger partial charge in [-0.25, -0.2) is 18.4 Å². The monoisotopic (exact) mass is 342 g/mol. The number of benzene rings is 1. The van der Waals surface area contributed by atoms with Gasteiger partial charge in [0.2, 0.25) is 0 Å². The molecule has 0 fully saturated rings. The van der Waals surface area contributed by atoms with Gasteiger partial charge in [-0.2, -0.15) is 5.26 Å². The van der Waals surface area contributed by atoms with Crippen LogP contribution in [0.4, 0.5) is 5.82 Å². The number of nitrogens with one attached hydrogen (secondary N) is 1. The zero-order valence-corrected chi connectivity index (χ0v) is 12.7. The van der Waals surface area contributed by atoms with Crippen molar-refractivity contribution in [1.82, 2.24) is 9.97 Å². The maximum absolute atomic E-state index is 12.2. The number of hydrogen-bond acceptors (Lipinski definition) is 5. The number of aromatic nitrogens is 2. The summed E-state index contributed by atoms with van der Waals surface area (Å²) in [6.45, 7) is 0. The molecule has 0 radical (unpaired) electrons. The van der Waals surface area contributed by atoms with Gasteiger partial charge in [-0.15, -0.1) is 0 Å². The van der Waals surface area contributed by atoms with Gasteiger partial charge < -0.3 is 0 Å². The van der Waals surface area contributed by atoms with Crippen molar-refractivity contribution in [2.45, 2.75) is 11.3 Å². The Morgan fingerprint density at radius 2 is 1.86 bits per heavy atom. The highest BCUT2D eigenvalue weighted by molar-refractivity contribution is 7.92. The van der Waals surface area contributed by atoms with Crippen LogP contribution in [0.15, 0.2) is 35.5 Å². The Kier molecular flexibility index (Phi) is 4.63. The SMILES string of the molecule is N#CCc1ccc(S(=O)(=O)Nc2ncnc(Cl)c2Cl)cc1. The van der Waals surface area contributed by atoms with Crippen molar-refractivity contribution in [3.63, 3.8) is 0 Å². The van der Waals surface area contributed by atoms with E-state index in [2.05, 4.69) is 14.7 Å². The molecular formula is C12H8Cl2N4O2S. The molecule has 21 heavy (non-hydrogen) atoms. The predicted octanol–water partition coefficient (Wildman–Crippen LogP) is 2.65. The lowest BCUT2D eigenvalue weighted by Crippen LogP contribution is -2.14. The first kappa shape index (κ1) is 15.5. The van der Waals surface area contributed by atoms with E-state index in [1.165, 1.54) is 12.1 Å². The van der Waals surface area contributed by atoms with Crippen molar-refractivity contribution < 1.29 is 8.42 Å². The van der Waals surface area contributed by atoms with Crippen LogP contribution in [0, 0.1) is 11.3 Å². The van der Waals surface area contributed by atoms with Gasteiger partial charge in [0.1, 0.15) is 11.3 Å². The van der Waals surface area contributed by atoms with Gasteiger partial charge in [-0.3, -0.25) is 4.72 Å². The molecule has 1 heterocycles. The molecule has 0 spiro atoms. The van der Waals surface area contributed by atoms with Crippen LogP contribution in [-0.4, -0.2) is 18.4 Å². The molecule has 0 bridgehead atoms. The molecule has 0 saturated heterocycles. The Hall–Kier alpha value is -1.88. The number of hydrogen-bond donors (Lipinski definition) is 1. The number of rotatable bonds is 4. The van der Waals surface area contributed by atoms with Crippen molar-refractivity contribution in [2.75, 3.05) is 4.72 Å². The number of nitrogens with zero attached hydrogens (tertiary/aromatic N) is 3. The van der Waals surface area contributed by atoms with Gasteiger partial charge >= 0.3 is 0 Å². The summed E-state index contributed by atoms with van der Waals surface area (Å²) < 4.78 is 26.6. The van der Waals surface area contributed by atoms with Crippen molar-refractivity contribution in [1.29, 1.82) is 5.26 Å². The smallest absolute Gasteiger partial charge is 0.262 e. The largest absolute Gasteiger partial charge is 0.263 e. The number of anilines is 1. The van der Waals surface area contributed by atoms with Crippen LogP contribution in [0.25, 0.3) is 0 Å². The maximum Gasteiger partial charge on any atom is 0.263 e. The van der Waals surface area contributed by atoms with Crippen LogP contribution in [0.3, 0.4) is 0 Å². The first-order valence-electron chi connectivity index (χ1n) is 5.59. The third kappa shape index (κ3) is 3.61. The van der Waals surface area contributed by atoms with Gasteiger partial charge in [0.05, 0.1) is 17.4 Å². The third-order valence-corrected chi connectivity index (χ3v) is 4.59. The van der Waals surface area contributed by atoms with E-state index in [1.54, 1.807) is 12.1 Å². The predicted molar refractivity (Wildman–Crippen MR) is 78.6 cm³/mol. The van der Waals surface area contributed by atoms with Crippen molar-refractivity contribution in [3.8, 4) is 6.07 Å². The highest BCUT2D eigenvalue weighted by atomic mass is 35.5. The molecule has 0 aliphatic rings. The van der Waals surface area contributed by atoms with Crippen molar-refractivity contribution >= 4 is 39.0 Å². The Balaban J connectivity index is 2.30. The molecule has 0 saturated carbocycles. The van der Waals surface area contributed by atoms with Crippen LogP contribution in [0.2, 0.25) is 10.2 Å². The summed E-state index contributed by atoms with van der Waals surface area (Å²) >= 11 is 11.5. The summed E-state index contributed by atoms with van der Waals surface area (Å²) in [5.41, 5.74) is 0.722. The molecule has 2 aromatic rings. The first-order chi connectivity index (χ1) is 9.94. The fraction of sp³-hybridized carbons (Fsp3) is 0.0833. The van der Waals surface area contributed by atoms with Gasteiger partial charge in [-0.1, -0.05) is 35.3 Å². The molecule has 1 aromatic heterocycles. The van der Waals surface area contributed by atoms with Crippen molar-refractivity contribution in [3.05, 3.63) is 46.3 Å². The molecule has 2 rings (SSSR count). The zero-order chi connectivity index (χ0) is 15.5. The summed E-state index contributed by atoms with van der Waals surface area (Å²) in [6.07, 6.45) is 1.31. The maximum atomic E-state index is 12.2. The minimum atomic E-state index is -3.85. The lowest BCUT2D eigenvalue weighted by atomic mass is 10.2. The Morgan fingerprint density at radius 3 is 2.48 bits per heavy atom. The Labute approximate surface area is 131 Å². The summed E-state index contributed by atoms with van der Waals surface area (Å²) in [5, 5.41) is 8.45. The Bertz CT molecular complexity index is 801. The molecule has 0 amide bonds. The molecule has 9 heteroatoms. The van der Waals surface area contributed by atoms with E-state index in [0.717, 1.165) is 11.9 Å². The van der Waals surface area contributed by atoms with Gasteiger partial charge in [0, 0.05) is 0 Å². The van der Waals surface area contributed by atoms with Crippen LogP contribution in [-0.2, 0) is 16.4 Å². The second kappa shape index (κ2) is 6.26. The molecule has 1 aromatic carbocycles. The molecule has 1 N–H and O–H groups in total. The molecule has 0 aliphatic carbocycles. The van der Waals surface area contributed by atoms with E-state index in [9.17, 15) is 8.42 Å². The Morgan fingerprint density at radius 1 is 1.19 bits per heavy atom. The van der Waals surface area contributed by atoms with E-state index in [-0.39, 0.29) is 27.3 Å². The topological polar surface area (TPSA) is 95.7 Å². The van der Waals surface area contributed by atoms with E-state index < -0.39 is 10.0 Å². The van der Waals surface area contributed by atoms with E-state index in [4.69, 9.17) is 28.5 Å². The quantitative estimate of drug-likeness (QED) is 0.861. The first-order valence-corrected chi connectivity index (χ1v) is 7.82. The van der Waals surface area contributed by atoms with Crippen LogP contribution >= 0.6 is 23.2 Å². The van der Waals surface area contributed by atoms with Crippen LogP contribution in [0.5, 0.6) is 0 Å². The second-order valence-corrected chi connectivity index (χ2v) is 6.33. The average Bonchev–Trinajstić information content (AvgIpc) is 2.45. The van der Waals surface area contributed by atoms with E-state index in [1.807, 2.05) is 6.07 Å². The highest BCUT2D eigenvalue weighted by Crippen LogP contribution is 2.27. The van der Waals surface area contributed by atoms with E-state index in [0.29, 0.717) is 0 Å². The van der Waals surface area contributed by atoms with Crippen LogP contribution < -0.4 is 4.72 Å².